The number of benzene rings is 3. The van der Waals surface area contributed by atoms with Crippen LogP contribution in [0.4, 0.5) is 17.1 Å². The van der Waals surface area contributed by atoms with Crippen molar-refractivity contribution in [1.29, 1.82) is 0 Å². The molecule has 0 atom stereocenters. The molecule has 8 nitrogen and oxygen atoms in total. The molecule has 1 amide bonds. The van der Waals surface area contributed by atoms with E-state index in [0.717, 1.165) is 50.5 Å². The summed E-state index contributed by atoms with van der Waals surface area (Å²) in [6.45, 7) is 5.59. The Morgan fingerprint density at radius 2 is 1.78 bits per heavy atom. The SMILES string of the molecule is COc1ncccc1Nc1cc2nc3ccccc3n(-c3ccc(NC(C)=O)cc3)c-2c/c1=N\C(C)C. The molecule has 0 spiro atoms. The molecule has 0 radical (unpaired) electrons. The van der Waals surface area contributed by atoms with Crippen LogP contribution >= 0.6 is 0 Å². The van der Waals surface area contributed by atoms with Crippen LogP contribution in [0.15, 0.2) is 84.0 Å². The highest BCUT2D eigenvalue weighted by molar-refractivity contribution is 5.89. The van der Waals surface area contributed by atoms with Crippen LogP contribution in [-0.2, 0) is 4.79 Å². The van der Waals surface area contributed by atoms with Crippen LogP contribution in [0.5, 0.6) is 5.88 Å². The molecule has 0 unspecified atom stereocenters. The summed E-state index contributed by atoms with van der Waals surface area (Å²) < 4.78 is 7.61. The van der Waals surface area contributed by atoms with E-state index in [0.29, 0.717) is 5.88 Å². The number of hydrogen-bond acceptors (Lipinski definition) is 6. The largest absolute Gasteiger partial charge is 0.480 e. The van der Waals surface area contributed by atoms with Crippen LogP contribution in [0.3, 0.4) is 0 Å². The summed E-state index contributed by atoms with van der Waals surface area (Å²) in [7, 11) is 1.60. The topological polar surface area (TPSA) is 93.4 Å². The quantitative estimate of drug-likeness (QED) is 0.303. The Labute approximate surface area is 215 Å². The maximum atomic E-state index is 11.5. The van der Waals surface area contributed by atoms with Crippen molar-refractivity contribution in [2.45, 2.75) is 26.8 Å². The zero-order chi connectivity index (χ0) is 25.9. The third-order valence-electron chi connectivity index (χ3n) is 5.77. The number of carbonyl (C=O) groups excluding carboxylic acids is 1. The Bertz CT molecular complexity index is 1620. The molecule has 5 rings (SSSR count). The van der Waals surface area contributed by atoms with E-state index >= 15 is 0 Å². The number of nitrogens with zero attached hydrogens (tertiary/aromatic N) is 4. The predicted octanol–water partition coefficient (Wildman–Crippen LogP) is 5.55. The molecule has 0 fully saturated rings. The van der Waals surface area contributed by atoms with Crippen molar-refractivity contribution in [3.63, 3.8) is 0 Å². The van der Waals surface area contributed by atoms with E-state index in [4.69, 9.17) is 14.7 Å². The van der Waals surface area contributed by atoms with Crippen LogP contribution in [0, 0.1) is 0 Å². The van der Waals surface area contributed by atoms with Crippen molar-refractivity contribution in [3.8, 4) is 23.0 Å². The third-order valence-corrected chi connectivity index (χ3v) is 5.77. The molecule has 2 heterocycles. The lowest BCUT2D eigenvalue weighted by Gasteiger charge is -2.21. The van der Waals surface area contributed by atoms with E-state index in [1.807, 2.05) is 74.5 Å². The molecule has 37 heavy (non-hydrogen) atoms. The molecule has 0 saturated heterocycles. The first-order chi connectivity index (χ1) is 17.9. The highest BCUT2D eigenvalue weighted by Gasteiger charge is 2.17. The van der Waals surface area contributed by atoms with Gasteiger partial charge in [-0.3, -0.25) is 9.79 Å². The second-order valence-corrected chi connectivity index (χ2v) is 8.93. The zero-order valence-electron chi connectivity index (χ0n) is 21.2. The van der Waals surface area contributed by atoms with Gasteiger partial charge in [0.15, 0.2) is 0 Å². The maximum Gasteiger partial charge on any atom is 0.237 e. The smallest absolute Gasteiger partial charge is 0.237 e. The Hall–Kier alpha value is -4.72. The van der Waals surface area contributed by atoms with E-state index < -0.39 is 0 Å². The van der Waals surface area contributed by atoms with Gasteiger partial charge in [0.05, 0.1) is 40.6 Å². The first-order valence-electron chi connectivity index (χ1n) is 12.1. The summed E-state index contributed by atoms with van der Waals surface area (Å²) in [4.78, 5) is 25.7. The average Bonchev–Trinajstić information content (AvgIpc) is 2.88. The Kier molecular flexibility index (Phi) is 6.55. The molecular weight excluding hydrogens is 464 g/mol. The minimum Gasteiger partial charge on any atom is -0.480 e. The standard InChI is InChI=1S/C29H28N6O2/c1-18(2)31-25-17-28-26(16-24(25)34-23-9-7-15-30-29(23)37-4)33-22-8-5-6-10-27(22)35(28)21-13-11-20(12-14-21)32-19(3)36/h5-18,34H,1-4H3,(H,32,36)/b31-25+. The van der Waals surface area contributed by atoms with Crippen molar-refractivity contribution in [3.05, 3.63) is 84.4 Å². The number of para-hydroxylation sites is 2. The van der Waals surface area contributed by atoms with E-state index in [9.17, 15) is 4.79 Å². The van der Waals surface area contributed by atoms with Gasteiger partial charge in [-0.15, -0.1) is 0 Å². The molecule has 8 heteroatoms. The van der Waals surface area contributed by atoms with Crippen molar-refractivity contribution in [2.24, 2.45) is 4.99 Å². The molecule has 1 aromatic heterocycles. The molecule has 1 aliphatic heterocycles. The number of carbonyl (C=O) groups is 1. The molecule has 1 aliphatic carbocycles. The number of hydrogen-bond donors (Lipinski definition) is 2. The van der Waals surface area contributed by atoms with E-state index in [1.54, 1.807) is 13.3 Å². The summed E-state index contributed by atoms with van der Waals surface area (Å²) in [6.07, 6.45) is 1.69. The maximum absolute atomic E-state index is 11.5. The van der Waals surface area contributed by atoms with Gasteiger partial charge in [0.25, 0.3) is 0 Å². The first kappa shape index (κ1) is 24.0. The summed E-state index contributed by atoms with van der Waals surface area (Å²) in [6, 6.07) is 23.7. The summed E-state index contributed by atoms with van der Waals surface area (Å²) in [5.74, 6) is 0.393. The summed E-state index contributed by atoms with van der Waals surface area (Å²) >= 11 is 0. The summed E-state index contributed by atoms with van der Waals surface area (Å²) in [5.41, 5.74) is 6.78. The molecular formula is C29H28N6O2. The fourth-order valence-corrected chi connectivity index (χ4v) is 4.30. The van der Waals surface area contributed by atoms with Crippen LogP contribution in [0.2, 0.25) is 0 Å². The lowest BCUT2D eigenvalue weighted by atomic mass is 10.1. The van der Waals surface area contributed by atoms with Crippen LogP contribution in [0.1, 0.15) is 20.8 Å². The van der Waals surface area contributed by atoms with Gasteiger partial charge >= 0.3 is 0 Å². The van der Waals surface area contributed by atoms with Crippen LogP contribution < -0.4 is 20.7 Å². The number of anilines is 3. The third kappa shape index (κ3) is 4.99. The van der Waals surface area contributed by atoms with Crippen molar-refractivity contribution in [1.82, 2.24) is 14.5 Å². The predicted molar refractivity (Wildman–Crippen MR) is 147 cm³/mol. The fourth-order valence-electron chi connectivity index (χ4n) is 4.30. The Morgan fingerprint density at radius 3 is 2.51 bits per heavy atom. The number of pyridine rings is 1. The van der Waals surface area contributed by atoms with Crippen LogP contribution in [-0.4, -0.2) is 33.6 Å². The normalized spacial score (nSPS) is 11.8. The number of rotatable bonds is 6. The lowest BCUT2D eigenvalue weighted by molar-refractivity contribution is -0.114. The highest BCUT2D eigenvalue weighted by Crippen LogP contribution is 2.32. The van der Waals surface area contributed by atoms with Gasteiger partial charge in [-0.1, -0.05) is 12.1 Å². The number of amides is 1. The second kappa shape index (κ2) is 10.1. The number of nitrogens with one attached hydrogen (secondary N) is 2. The van der Waals surface area contributed by atoms with Crippen LogP contribution in [0.25, 0.3) is 28.1 Å². The number of ether oxygens (including phenoxy) is 1. The average molecular weight is 493 g/mol. The Morgan fingerprint density at radius 1 is 1.00 bits per heavy atom. The minimum atomic E-state index is -0.106. The minimum absolute atomic E-state index is 0.0765. The van der Waals surface area contributed by atoms with E-state index in [1.165, 1.54) is 6.92 Å². The van der Waals surface area contributed by atoms with Crippen molar-refractivity contribution >= 4 is 34.0 Å². The fraction of sp³-hybridized carbons (Fsp3) is 0.172. The van der Waals surface area contributed by atoms with Gasteiger partial charge < -0.3 is 19.9 Å². The number of fused-ring (bicyclic) bond motifs is 2. The molecule has 3 aromatic rings. The molecule has 0 saturated carbocycles. The van der Waals surface area contributed by atoms with Gasteiger partial charge in [-0.2, -0.15) is 0 Å². The molecule has 2 N–H and O–H groups in total. The first-order valence-corrected chi connectivity index (χ1v) is 12.1. The molecule has 2 aliphatic rings. The lowest BCUT2D eigenvalue weighted by Crippen LogP contribution is -2.16. The highest BCUT2D eigenvalue weighted by atomic mass is 16.5. The monoisotopic (exact) mass is 492 g/mol. The summed E-state index contributed by atoms with van der Waals surface area (Å²) in [5, 5.41) is 7.08. The van der Waals surface area contributed by atoms with Gasteiger partial charge in [0.2, 0.25) is 11.8 Å². The number of aromatic nitrogens is 3. The second-order valence-electron chi connectivity index (χ2n) is 8.93. The van der Waals surface area contributed by atoms with Gasteiger partial charge in [-0.05, 0) is 74.5 Å². The molecule has 186 valence electrons. The zero-order valence-corrected chi connectivity index (χ0v) is 21.2. The van der Waals surface area contributed by atoms with Gasteiger partial charge in [0.1, 0.15) is 5.69 Å². The van der Waals surface area contributed by atoms with Gasteiger partial charge in [-0.25, -0.2) is 9.97 Å². The van der Waals surface area contributed by atoms with E-state index in [2.05, 4.69) is 32.3 Å². The Balaban J connectivity index is 1.76. The van der Waals surface area contributed by atoms with E-state index in [-0.39, 0.29) is 11.9 Å². The van der Waals surface area contributed by atoms with Gasteiger partial charge in [0, 0.05) is 30.5 Å². The molecule has 0 bridgehead atoms. The molecule has 2 aromatic carbocycles. The van der Waals surface area contributed by atoms with Crippen molar-refractivity contribution in [2.75, 3.05) is 17.7 Å². The number of methoxy groups -OCH3 is 1. The van der Waals surface area contributed by atoms with Crippen molar-refractivity contribution < 1.29 is 9.53 Å².